The number of phenolic OH excluding ortho intramolecular Hbond substituents is 1. The monoisotopic (exact) mass is 497 g/mol. The Kier molecular flexibility index (Phi) is 7.69. The second-order valence-electron chi connectivity index (χ2n) is 8.64. The van der Waals surface area contributed by atoms with Crippen molar-refractivity contribution in [3.8, 4) is 28.7 Å². The standard InChI is InChI=1S/C27H31NO8/c1-5-35-27(31)17-8-10-28(11-9-17)15-19-20(29)7-6-18-24(30)21(36-25(18)19)12-16-13-22(32-2)26(34-4)23(14-16)33-3/h6-7,12-14,17,29H,5,8-11,15H2,1-4H3/b21-12+. The van der Waals surface area contributed by atoms with Gasteiger partial charge in [-0.05, 0) is 68.8 Å². The molecule has 9 heteroatoms. The number of ether oxygens (including phenoxy) is 5. The summed E-state index contributed by atoms with van der Waals surface area (Å²) in [6.45, 7) is 3.93. The first-order valence-electron chi connectivity index (χ1n) is 11.9. The third-order valence-electron chi connectivity index (χ3n) is 6.49. The summed E-state index contributed by atoms with van der Waals surface area (Å²) in [6.07, 6.45) is 2.97. The second kappa shape index (κ2) is 10.9. The molecular weight excluding hydrogens is 466 g/mol. The number of ketones is 1. The predicted molar refractivity (Wildman–Crippen MR) is 132 cm³/mol. The number of piperidine rings is 1. The molecule has 0 atom stereocenters. The van der Waals surface area contributed by atoms with Gasteiger partial charge in [0.2, 0.25) is 11.5 Å². The van der Waals surface area contributed by atoms with Gasteiger partial charge in [0.15, 0.2) is 17.3 Å². The summed E-state index contributed by atoms with van der Waals surface area (Å²) >= 11 is 0. The molecule has 2 heterocycles. The lowest BCUT2D eigenvalue weighted by Gasteiger charge is -2.31. The SMILES string of the molecule is CCOC(=O)C1CCN(Cc2c(O)ccc3c2O/C(=C/c2cc(OC)c(OC)c(OC)c2)C3=O)CC1. The minimum absolute atomic E-state index is 0.0584. The molecule has 1 saturated heterocycles. The van der Waals surface area contributed by atoms with E-state index in [1.807, 2.05) is 0 Å². The first-order chi connectivity index (χ1) is 17.4. The number of methoxy groups -OCH3 is 3. The van der Waals surface area contributed by atoms with E-state index in [1.165, 1.54) is 27.4 Å². The lowest BCUT2D eigenvalue weighted by Crippen LogP contribution is -2.36. The molecule has 2 aromatic rings. The molecular formula is C27H31NO8. The molecule has 36 heavy (non-hydrogen) atoms. The van der Waals surface area contributed by atoms with Crippen LogP contribution in [0.3, 0.4) is 0 Å². The quantitative estimate of drug-likeness (QED) is 0.431. The number of nitrogens with zero attached hydrogens (tertiary/aromatic N) is 1. The van der Waals surface area contributed by atoms with E-state index in [0.29, 0.717) is 78.8 Å². The number of hydrogen-bond donors (Lipinski definition) is 1. The van der Waals surface area contributed by atoms with E-state index in [-0.39, 0.29) is 29.2 Å². The Hall–Kier alpha value is -3.72. The Balaban J connectivity index is 1.56. The van der Waals surface area contributed by atoms with Crippen LogP contribution >= 0.6 is 0 Å². The summed E-state index contributed by atoms with van der Waals surface area (Å²) in [5.41, 5.74) is 1.57. The summed E-state index contributed by atoms with van der Waals surface area (Å²) in [4.78, 5) is 27.3. The van der Waals surface area contributed by atoms with Crippen LogP contribution in [0.1, 0.15) is 41.3 Å². The van der Waals surface area contributed by atoms with Crippen molar-refractivity contribution in [2.75, 3.05) is 41.0 Å². The van der Waals surface area contributed by atoms with Gasteiger partial charge in [0, 0.05) is 6.54 Å². The smallest absolute Gasteiger partial charge is 0.309 e. The Morgan fingerprint density at radius 1 is 1.11 bits per heavy atom. The van der Waals surface area contributed by atoms with Gasteiger partial charge in [0.05, 0.1) is 45.0 Å². The van der Waals surface area contributed by atoms with Crippen LogP contribution in [0.15, 0.2) is 30.0 Å². The van der Waals surface area contributed by atoms with Gasteiger partial charge in [-0.2, -0.15) is 0 Å². The van der Waals surface area contributed by atoms with Crippen molar-refractivity contribution in [1.82, 2.24) is 4.90 Å². The van der Waals surface area contributed by atoms with Gasteiger partial charge < -0.3 is 28.8 Å². The number of hydrogen-bond acceptors (Lipinski definition) is 9. The molecule has 2 aliphatic heterocycles. The van der Waals surface area contributed by atoms with E-state index in [9.17, 15) is 14.7 Å². The van der Waals surface area contributed by atoms with E-state index in [4.69, 9.17) is 23.7 Å². The zero-order valence-corrected chi connectivity index (χ0v) is 21.0. The van der Waals surface area contributed by atoms with Crippen LogP contribution in [0.2, 0.25) is 0 Å². The van der Waals surface area contributed by atoms with Crippen LogP contribution in [0, 0.1) is 5.92 Å². The molecule has 0 radical (unpaired) electrons. The number of Topliss-reactive ketones (excluding diaryl/α,β-unsaturated/α-hetero) is 1. The maximum Gasteiger partial charge on any atom is 0.309 e. The highest BCUT2D eigenvalue weighted by molar-refractivity contribution is 6.15. The second-order valence-corrected chi connectivity index (χ2v) is 8.64. The van der Waals surface area contributed by atoms with Crippen molar-refractivity contribution in [2.45, 2.75) is 26.3 Å². The largest absolute Gasteiger partial charge is 0.507 e. The van der Waals surface area contributed by atoms with Gasteiger partial charge in [-0.25, -0.2) is 0 Å². The van der Waals surface area contributed by atoms with Gasteiger partial charge in [-0.3, -0.25) is 14.5 Å². The Morgan fingerprint density at radius 3 is 2.36 bits per heavy atom. The third kappa shape index (κ3) is 4.97. The molecule has 0 amide bonds. The van der Waals surface area contributed by atoms with Gasteiger partial charge in [-0.1, -0.05) is 0 Å². The lowest BCUT2D eigenvalue weighted by molar-refractivity contribution is -0.149. The van der Waals surface area contributed by atoms with Crippen molar-refractivity contribution in [3.63, 3.8) is 0 Å². The number of rotatable bonds is 8. The van der Waals surface area contributed by atoms with E-state index in [1.54, 1.807) is 31.2 Å². The number of allylic oxidation sites excluding steroid dienone is 1. The third-order valence-corrected chi connectivity index (χ3v) is 6.49. The van der Waals surface area contributed by atoms with Crippen molar-refractivity contribution in [3.05, 3.63) is 46.7 Å². The minimum atomic E-state index is -0.277. The average molecular weight is 498 g/mol. The topological polar surface area (TPSA) is 104 Å². The fraction of sp³-hybridized carbons (Fsp3) is 0.407. The normalized spacial score (nSPS) is 17.0. The van der Waals surface area contributed by atoms with Crippen molar-refractivity contribution in [1.29, 1.82) is 0 Å². The summed E-state index contributed by atoms with van der Waals surface area (Å²) in [7, 11) is 4.56. The molecule has 9 nitrogen and oxygen atoms in total. The first-order valence-corrected chi connectivity index (χ1v) is 11.9. The summed E-state index contributed by atoms with van der Waals surface area (Å²) in [5.74, 6) is 1.36. The van der Waals surface area contributed by atoms with Crippen molar-refractivity contribution < 1.29 is 38.4 Å². The van der Waals surface area contributed by atoms with E-state index < -0.39 is 0 Å². The first kappa shape index (κ1) is 25.4. The van der Waals surface area contributed by atoms with Gasteiger partial charge in [-0.15, -0.1) is 0 Å². The fourth-order valence-corrected chi connectivity index (χ4v) is 4.60. The molecule has 0 spiro atoms. The molecule has 1 fully saturated rings. The van der Waals surface area contributed by atoms with Gasteiger partial charge in [0.1, 0.15) is 11.5 Å². The highest BCUT2D eigenvalue weighted by Gasteiger charge is 2.33. The van der Waals surface area contributed by atoms with Crippen LogP contribution in [0.25, 0.3) is 6.08 Å². The number of esters is 1. The molecule has 2 aliphatic rings. The number of fused-ring (bicyclic) bond motifs is 1. The molecule has 192 valence electrons. The number of carbonyl (C=O) groups excluding carboxylic acids is 2. The van der Waals surface area contributed by atoms with Gasteiger partial charge >= 0.3 is 5.97 Å². The number of likely N-dealkylation sites (tertiary alicyclic amines) is 1. The molecule has 1 N–H and O–H groups in total. The van der Waals surface area contributed by atoms with Crippen molar-refractivity contribution in [2.24, 2.45) is 5.92 Å². The van der Waals surface area contributed by atoms with Crippen LogP contribution in [-0.2, 0) is 16.1 Å². The molecule has 0 bridgehead atoms. The molecule has 0 saturated carbocycles. The number of aromatic hydroxyl groups is 1. The summed E-state index contributed by atoms with van der Waals surface area (Å²) in [6, 6.07) is 6.53. The average Bonchev–Trinajstić information content (AvgIpc) is 3.20. The van der Waals surface area contributed by atoms with Crippen LogP contribution in [-0.4, -0.2) is 62.8 Å². The molecule has 4 rings (SSSR count). The maximum atomic E-state index is 13.1. The maximum absolute atomic E-state index is 13.1. The zero-order valence-electron chi connectivity index (χ0n) is 21.0. The number of phenols is 1. The van der Waals surface area contributed by atoms with Crippen molar-refractivity contribution >= 4 is 17.8 Å². The predicted octanol–water partition coefficient (Wildman–Crippen LogP) is 3.81. The Labute approximate surface area is 210 Å². The van der Waals surface area contributed by atoms with E-state index >= 15 is 0 Å². The van der Waals surface area contributed by atoms with E-state index in [0.717, 1.165) is 0 Å². The number of benzene rings is 2. The molecule has 0 unspecified atom stereocenters. The molecule has 0 aromatic heterocycles. The lowest BCUT2D eigenvalue weighted by atomic mass is 9.96. The van der Waals surface area contributed by atoms with Crippen LogP contribution < -0.4 is 18.9 Å². The highest BCUT2D eigenvalue weighted by atomic mass is 16.5. The Morgan fingerprint density at radius 2 is 1.78 bits per heavy atom. The van der Waals surface area contributed by atoms with Gasteiger partial charge in [0.25, 0.3) is 0 Å². The zero-order chi connectivity index (χ0) is 25.8. The minimum Gasteiger partial charge on any atom is -0.507 e. The highest BCUT2D eigenvalue weighted by Crippen LogP contribution is 2.42. The number of carbonyl (C=O) groups is 2. The molecule has 2 aromatic carbocycles. The molecule has 0 aliphatic carbocycles. The van der Waals surface area contributed by atoms with Crippen LogP contribution in [0.5, 0.6) is 28.7 Å². The summed E-state index contributed by atoms with van der Waals surface area (Å²) in [5, 5.41) is 10.6. The van der Waals surface area contributed by atoms with E-state index in [2.05, 4.69) is 4.90 Å². The summed E-state index contributed by atoms with van der Waals surface area (Å²) < 4.78 is 27.3. The fourth-order valence-electron chi connectivity index (χ4n) is 4.60. The Bertz CT molecular complexity index is 1160. The van der Waals surface area contributed by atoms with Crippen LogP contribution in [0.4, 0.5) is 0 Å².